The van der Waals surface area contributed by atoms with Crippen LogP contribution in [0.2, 0.25) is 0 Å². The van der Waals surface area contributed by atoms with Gasteiger partial charge in [-0.3, -0.25) is 4.79 Å². The van der Waals surface area contributed by atoms with E-state index in [-0.39, 0.29) is 11.7 Å². The SMILES string of the molecule is Cn1cc([N+](=O)[O-])nc1-c1nc2cc(C(=O)Nc3ccc(N(CCCl)CCCl)cc3)ccc2[nH]1. The summed E-state index contributed by atoms with van der Waals surface area (Å²) in [5, 5.41) is 13.9. The molecule has 4 rings (SSSR count). The van der Waals surface area contributed by atoms with Gasteiger partial charge in [0.2, 0.25) is 5.82 Å². The van der Waals surface area contributed by atoms with E-state index in [0.717, 1.165) is 5.69 Å². The number of hydrogen-bond acceptors (Lipinski definition) is 6. The predicted molar refractivity (Wildman–Crippen MR) is 133 cm³/mol. The molecule has 0 unspecified atom stereocenters. The number of aromatic amines is 1. The smallest absolute Gasteiger partial charge is 0.369 e. The topological polar surface area (TPSA) is 122 Å². The average molecular weight is 502 g/mol. The number of nitro groups is 1. The molecule has 4 aromatic rings. The summed E-state index contributed by atoms with van der Waals surface area (Å²) in [6.45, 7) is 1.36. The normalized spacial score (nSPS) is 11.0. The zero-order chi connectivity index (χ0) is 24.2. The van der Waals surface area contributed by atoms with E-state index < -0.39 is 4.92 Å². The number of H-pyrrole nitrogens is 1. The van der Waals surface area contributed by atoms with Crippen molar-refractivity contribution in [1.82, 2.24) is 19.5 Å². The number of carbonyl (C=O) groups is 1. The molecule has 0 aliphatic heterocycles. The lowest BCUT2D eigenvalue weighted by Crippen LogP contribution is -2.27. The van der Waals surface area contributed by atoms with Crippen molar-refractivity contribution in [3.8, 4) is 11.6 Å². The Morgan fingerprint density at radius 3 is 2.47 bits per heavy atom. The minimum atomic E-state index is -0.561. The summed E-state index contributed by atoms with van der Waals surface area (Å²) in [4.78, 5) is 36.9. The largest absolute Gasteiger partial charge is 0.382 e. The number of benzene rings is 2. The minimum Gasteiger partial charge on any atom is -0.369 e. The molecule has 1 amide bonds. The maximum Gasteiger partial charge on any atom is 0.382 e. The molecule has 0 saturated heterocycles. The van der Waals surface area contributed by atoms with Gasteiger partial charge in [-0.15, -0.1) is 23.2 Å². The van der Waals surface area contributed by atoms with Gasteiger partial charge in [-0.1, -0.05) is 0 Å². The quantitative estimate of drug-likeness (QED) is 0.199. The van der Waals surface area contributed by atoms with Crippen molar-refractivity contribution in [2.45, 2.75) is 0 Å². The van der Waals surface area contributed by atoms with Gasteiger partial charge in [0.15, 0.2) is 0 Å². The highest BCUT2D eigenvalue weighted by Crippen LogP contribution is 2.24. The third-order valence-electron chi connectivity index (χ3n) is 5.21. The number of fused-ring (bicyclic) bond motifs is 1. The van der Waals surface area contributed by atoms with Crippen molar-refractivity contribution in [2.75, 3.05) is 35.1 Å². The Hall–Kier alpha value is -3.63. The van der Waals surface area contributed by atoms with Gasteiger partial charge in [-0.25, -0.2) is 4.98 Å². The van der Waals surface area contributed by atoms with Gasteiger partial charge in [0.25, 0.3) is 11.7 Å². The molecule has 0 bridgehead atoms. The highest BCUT2D eigenvalue weighted by molar-refractivity contribution is 6.18. The van der Waals surface area contributed by atoms with Crippen LogP contribution in [0.15, 0.2) is 48.7 Å². The zero-order valence-corrected chi connectivity index (χ0v) is 19.7. The third-order valence-corrected chi connectivity index (χ3v) is 5.55. The Kier molecular flexibility index (Phi) is 6.99. The fraction of sp³-hybridized carbons (Fsp3) is 0.227. The number of alkyl halides is 2. The first-order chi connectivity index (χ1) is 16.4. The number of aryl methyl sites for hydroxylation is 1. The van der Waals surface area contributed by atoms with Crippen molar-refractivity contribution >= 4 is 57.3 Å². The summed E-state index contributed by atoms with van der Waals surface area (Å²) in [6.07, 6.45) is 1.32. The molecule has 0 fully saturated rings. The summed E-state index contributed by atoms with van der Waals surface area (Å²) < 4.78 is 1.52. The molecule has 0 aliphatic rings. The molecule has 2 heterocycles. The number of anilines is 2. The number of nitrogens with zero attached hydrogens (tertiary/aromatic N) is 5. The van der Waals surface area contributed by atoms with Crippen molar-refractivity contribution < 1.29 is 9.72 Å². The number of imidazole rings is 2. The molecule has 2 aromatic carbocycles. The first kappa shape index (κ1) is 23.5. The number of carbonyl (C=O) groups excluding carboxylic acids is 1. The molecule has 12 heteroatoms. The van der Waals surface area contributed by atoms with Gasteiger partial charge in [-0.05, 0) is 52.4 Å². The summed E-state index contributed by atoms with van der Waals surface area (Å²) in [6, 6.07) is 12.5. The molecule has 0 radical (unpaired) electrons. The van der Waals surface area contributed by atoms with Crippen LogP contribution in [-0.4, -0.2) is 55.2 Å². The zero-order valence-electron chi connectivity index (χ0n) is 18.2. The van der Waals surface area contributed by atoms with Crippen LogP contribution in [-0.2, 0) is 7.05 Å². The lowest BCUT2D eigenvalue weighted by molar-refractivity contribution is -0.389. The molecule has 2 aromatic heterocycles. The van der Waals surface area contributed by atoms with Crippen LogP contribution < -0.4 is 10.2 Å². The van der Waals surface area contributed by atoms with Crippen LogP contribution in [0.5, 0.6) is 0 Å². The fourth-order valence-corrected chi connectivity index (χ4v) is 3.95. The highest BCUT2D eigenvalue weighted by atomic mass is 35.5. The monoisotopic (exact) mass is 501 g/mol. The second-order valence-electron chi connectivity index (χ2n) is 7.47. The van der Waals surface area contributed by atoms with Crippen LogP contribution in [0, 0.1) is 10.1 Å². The van der Waals surface area contributed by atoms with E-state index in [1.165, 1.54) is 10.8 Å². The fourth-order valence-electron chi connectivity index (χ4n) is 3.54. The minimum absolute atomic E-state index is 0.266. The maximum atomic E-state index is 12.8. The summed E-state index contributed by atoms with van der Waals surface area (Å²) in [5.74, 6) is 1.12. The van der Waals surface area contributed by atoms with E-state index >= 15 is 0 Å². The summed E-state index contributed by atoms with van der Waals surface area (Å²) in [5.41, 5.74) is 3.26. The Labute approximate surface area is 204 Å². The number of aromatic nitrogens is 4. The van der Waals surface area contributed by atoms with Crippen molar-refractivity contribution in [1.29, 1.82) is 0 Å². The molecular formula is C22H21Cl2N7O3. The van der Waals surface area contributed by atoms with E-state index in [1.54, 1.807) is 25.2 Å². The standard InChI is InChI=1S/C22H21Cl2N7O3/c1-29-13-19(31(33)34)28-21(29)20-26-17-7-2-14(12-18(17)27-20)22(32)25-15-3-5-16(6-4-15)30(10-8-23)11-9-24/h2-7,12-13H,8-11H2,1H3,(H,25,32)(H,26,27). The van der Waals surface area contributed by atoms with Crippen molar-refractivity contribution in [2.24, 2.45) is 7.05 Å². The molecule has 0 aliphatic carbocycles. The lowest BCUT2D eigenvalue weighted by atomic mass is 10.2. The number of hydrogen-bond donors (Lipinski definition) is 2. The molecule has 0 spiro atoms. The molecule has 176 valence electrons. The Bertz CT molecular complexity index is 1330. The van der Waals surface area contributed by atoms with Gasteiger partial charge in [-0.2, -0.15) is 0 Å². The number of amides is 1. The molecule has 10 nitrogen and oxygen atoms in total. The van der Waals surface area contributed by atoms with Crippen LogP contribution in [0.25, 0.3) is 22.7 Å². The Balaban J connectivity index is 1.51. The highest BCUT2D eigenvalue weighted by Gasteiger charge is 2.21. The number of nitrogens with one attached hydrogen (secondary N) is 2. The molecular weight excluding hydrogens is 481 g/mol. The van der Waals surface area contributed by atoms with E-state index in [2.05, 4.69) is 25.2 Å². The van der Waals surface area contributed by atoms with Crippen LogP contribution in [0.4, 0.5) is 17.2 Å². The van der Waals surface area contributed by atoms with E-state index in [4.69, 9.17) is 23.2 Å². The number of rotatable bonds is 9. The van der Waals surface area contributed by atoms with Gasteiger partial charge in [0, 0.05) is 48.8 Å². The van der Waals surface area contributed by atoms with E-state index in [0.29, 0.717) is 58.8 Å². The molecule has 34 heavy (non-hydrogen) atoms. The van der Waals surface area contributed by atoms with Crippen molar-refractivity contribution in [3.05, 3.63) is 64.3 Å². The van der Waals surface area contributed by atoms with Gasteiger partial charge < -0.3 is 29.9 Å². The lowest BCUT2D eigenvalue weighted by Gasteiger charge is -2.23. The van der Waals surface area contributed by atoms with Crippen molar-refractivity contribution in [3.63, 3.8) is 0 Å². The number of halogens is 2. The maximum absolute atomic E-state index is 12.8. The molecule has 2 N–H and O–H groups in total. The van der Waals surface area contributed by atoms with Gasteiger partial charge in [0.05, 0.1) is 11.0 Å². The molecule has 0 saturated carbocycles. The summed E-state index contributed by atoms with van der Waals surface area (Å²) >= 11 is 11.7. The Morgan fingerprint density at radius 1 is 1.15 bits per heavy atom. The van der Waals surface area contributed by atoms with Crippen LogP contribution >= 0.6 is 23.2 Å². The van der Waals surface area contributed by atoms with Gasteiger partial charge in [0.1, 0.15) is 6.20 Å². The van der Waals surface area contributed by atoms with Crippen LogP contribution in [0.3, 0.4) is 0 Å². The van der Waals surface area contributed by atoms with E-state index in [9.17, 15) is 14.9 Å². The summed E-state index contributed by atoms with van der Waals surface area (Å²) in [7, 11) is 1.65. The first-order valence-electron chi connectivity index (χ1n) is 10.4. The van der Waals surface area contributed by atoms with E-state index in [1.807, 2.05) is 24.3 Å². The molecule has 0 atom stereocenters. The average Bonchev–Trinajstić information content (AvgIpc) is 3.42. The van der Waals surface area contributed by atoms with Crippen LogP contribution in [0.1, 0.15) is 10.4 Å². The second-order valence-corrected chi connectivity index (χ2v) is 8.23. The second kappa shape index (κ2) is 10.1. The third kappa shape index (κ3) is 4.97. The first-order valence-corrected chi connectivity index (χ1v) is 11.4. The Morgan fingerprint density at radius 2 is 1.85 bits per heavy atom. The van der Waals surface area contributed by atoms with Gasteiger partial charge >= 0.3 is 5.82 Å². The predicted octanol–water partition coefficient (Wildman–Crippen LogP) is 4.41.